The lowest BCUT2D eigenvalue weighted by Gasteiger charge is -2.20. The van der Waals surface area contributed by atoms with Gasteiger partial charge in [0, 0.05) is 11.1 Å². The zero-order valence-corrected chi connectivity index (χ0v) is 13.2. The van der Waals surface area contributed by atoms with Gasteiger partial charge in [0.2, 0.25) is 0 Å². The number of benzene rings is 1. The summed E-state index contributed by atoms with van der Waals surface area (Å²) in [5, 5.41) is 0.793. The Balaban J connectivity index is 2.71. The van der Waals surface area contributed by atoms with Gasteiger partial charge in [-0.05, 0) is 37.5 Å². The van der Waals surface area contributed by atoms with E-state index >= 15 is 0 Å². The number of hydrogen-bond donors (Lipinski definition) is 0. The van der Waals surface area contributed by atoms with Crippen LogP contribution >= 0.6 is 23.2 Å². The average molecular weight is 299 g/mol. The smallest absolute Gasteiger partial charge is 0.125 e. The molecule has 0 saturated carbocycles. The molecule has 2 aromatic rings. The third-order valence-electron chi connectivity index (χ3n) is 3.69. The van der Waals surface area contributed by atoms with E-state index in [0.29, 0.717) is 11.9 Å². The van der Waals surface area contributed by atoms with E-state index in [9.17, 15) is 0 Å². The van der Waals surface area contributed by atoms with Crippen molar-refractivity contribution < 1.29 is 0 Å². The van der Waals surface area contributed by atoms with E-state index in [1.54, 1.807) is 0 Å². The van der Waals surface area contributed by atoms with Crippen molar-refractivity contribution in [2.75, 3.05) is 0 Å². The minimum Gasteiger partial charge on any atom is -0.324 e. The van der Waals surface area contributed by atoms with Gasteiger partial charge in [0.1, 0.15) is 5.82 Å². The van der Waals surface area contributed by atoms with Gasteiger partial charge in [-0.25, -0.2) is 4.98 Å². The largest absolute Gasteiger partial charge is 0.324 e. The first-order valence-corrected chi connectivity index (χ1v) is 7.77. The molecular weight excluding hydrogens is 279 g/mol. The van der Waals surface area contributed by atoms with Crippen molar-refractivity contribution in [2.24, 2.45) is 0 Å². The predicted octanol–water partition coefficient (Wildman–Crippen LogP) is 5.49. The topological polar surface area (TPSA) is 17.8 Å². The molecule has 4 heteroatoms. The zero-order chi connectivity index (χ0) is 14.0. The average Bonchev–Trinajstić information content (AvgIpc) is 2.79. The Kier molecular flexibility index (Phi) is 4.75. The highest BCUT2D eigenvalue weighted by molar-refractivity contribution is 6.32. The van der Waals surface area contributed by atoms with Crippen LogP contribution in [0.4, 0.5) is 0 Å². The highest BCUT2D eigenvalue weighted by atomic mass is 35.5. The Bertz CT molecular complexity index is 575. The quantitative estimate of drug-likeness (QED) is 0.668. The van der Waals surface area contributed by atoms with Crippen LogP contribution in [0.3, 0.4) is 0 Å². The summed E-state index contributed by atoms with van der Waals surface area (Å²) in [7, 11) is 0. The molecule has 0 N–H and O–H groups in total. The van der Waals surface area contributed by atoms with E-state index < -0.39 is 0 Å². The Morgan fingerprint density at radius 3 is 2.63 bits per heavy atom. The molecule has 19 heavy (non-hydrogen) atoms. The summed E-state index contributed by atoms with van der Waals surface area (Å²) in [6.45, 7) is 6.48. The van der Waals surface area contributed by atoms with Gasteiger partial charge in [-0.15, -0.1) is 11.6 Å². The van der Waals surface area contributed by atoms with Gasteiger partial charge in [-0.3, -0.25) is 0 Å². The van der Waals surface area contributed by atoms with Gasteiger partial charge in [-0.1, -0.05) is 31.9 Å². The van der Waals surface area contributed by atoms with Crippen LogP contribution in [-0.2, 0) is 5.88 Å². The number of nitrogens with zero attached hydrogens (tertiary/aromatic N) is 2. The van der Waals surface area contributed by atoms with Crippen LogP contribution in [0.5, 0.6) is 0 Å². The number of aryl methyl sites for hydroxylation is 1. The lowest BCUT2D eigenvalue weighted by Crippen LogP contribution is -2.11. The summed E-state index contributed by atoms with van der Waals surface area (Å²) < 4.78 is 2.30. The highest BCUT2D eigenvalue weighted by Gasteiger charge is 2.19. The summed E-state index contributed by atoms with van der Waals surface area (Å²) in [4.78, 5) is 4.66. The molecule has 0 aliphatic rings. The molecule has 1 unspecified atom stereocenters. The van der Waals surface area contributed by atoms with Gasteiger partial charge < -0.3 is 4.57 Å². The van der Waals surface area contributed by atoms with Crippen molar-refractivity contribution in [3.05, 3.63) is 28.5 Å². The summed E-state index contributed by atoms with van der Waals surface area (Å²) >= 11 is 12.3. The van der Waals surface area contributed by atoms with Gasteiger partial charge in [0.05, 0.1) is 16.9 Å². The fourth-order valence-corrected chi connectivity index (χ4v) is 3.06. The molecule has 0 spiro atoms. The van der Waals surface area contributed by atoms with Crippen molar-refractivity contribution >= 4 is 34.2 Å². The van der Waals surface area contributed by atoms with E-state index in [0.717, 1.165) is 46.7 Å². The number of halogens is 2. The van der Waals surface area contributed by atoms with Crippen molar-refractivity contribution in [3.8, 4) is 0 Å². The normalized spacial score (nSPS) is 13.1. The Morgan fingerprint density at radius 1 is 1.32 bits per heavy atom. The third kappa shape index (κ3) is 2.61. The van der Waals surface area contributed by atoms with Crippen LogP contribution in [0.15, 0.2) is 12.1 Å². The minimum atomic E-state index is 0.436. The van der Waals surface area contributed by atoms with E-state index in [2.05, 4.69) is 30.3 Å². The molecule has 0 aliphatic carbocycles. The molecule has 0 aliphatic heterocycles. The van der Waals surface area contributed by atoms with Crippen LogP contribution in [0, 0.1) is 6.92 Å². The fraction of sp³-hybridized carbons (Fsp3) is 0.533. The van der Waals surface area contributed by atoms with E-state index in [1.807, 2.05) is 12.1 Å². The van der Waals surface area contributed by atoms with E-state index in [1.165, 1.54) is 0 Å². The molecule has 1 heterocycles. The molecule has 0 bridgehead atoms. The second-order valence-corrected chi connectivity index (χ2v) is 5.60. The number of alkyl halides is 1. The molecule has 1 atom stereocenters. The molecule has 2 rings (SSSR count). The number of rotatable bonds is 5. The molecule has 0 amide bonds. The van der Waals surface area contributed by atoms with Gasteiger partial charge in [0.15, 0.2) is 0 Å². The maximum atomic E-state index is 6.26. The summed E-state index contributed by atoms with van der Waals surface area (Å²) in [6.07, 6.45) is 3.37. The van der Waals surface area contributed by atoms with E-state index in [-0.39, 0.29) is 0 Å². The molecule has 1 aromatic heterocycles. The molecule has 0 radical (unpaired) electrons. The van der Waals surface area contributed by atoms with E-state index in [4.69, 9.17) is 23.2 Å². The SMILES string of the molecule is CCCC(CC)n1c(CCl)nc2ccc(Cl)c(C)c21. The summed E-state index contributed by atoms with van der Waals surface area (Å²) in [6, 6.07) is 4.34. The first-order chi connectivity index (χ1) is 9.13. The molecule has 2 nitrogen and oxygen atoms in total. The van der Waals surface area contributed by atoms with Crippen molar-refractivity contribution in [2.45, 2.75) is 52.0 Å². The Hall–Kier alpha value is -0.730. The van der Waals surface area contributed by atoms with Crippen molar-refractivity contribution in [1.29, 1.82) is 0 Å². The van der Waals surface area contributed by atoms with Crippen molar-refractivity contribution in [3.63, 3.8) is 0 Å². The summed E-state index contributed by atoms with van der Waals surface area (Å²) in [5.41, 5.74) is 3.23. The second kappa shape index (κ2) is 6.15. The standard InChI is InChI=1S/C15H20Cl2N2/c1-4-6-11(5-2)19-14(9-16)18-13-8-7-12(17)10(3)15(13)19/h7-8,11H,4-6,9H2,1-3H3. The van der Waals surface area contributed by atoms with Crippen molar-refractivity contribution in [1.82, 2.24) is 9.55 Å². The lowest BCUT2D eigenvalue weighted by atomic mass is 10.1. The maximum Gasteiger partial charge on any atom is 0.125 e. The Labute approximate surface area is 124 Å². The molecule has 0 saturated heterocycles. The monoisotopic (exact) mass is 298 g/mol. The molecule has 0 fully saturated rings. The van der Waals surface area contributed by atoms with Crippen LogP contribution in [0.25, 0.3) is 11.0 Å². The van der Waals surface area contributed by atoms with Crippen LogP contribution < -0.4 is 0 Å². The molecule has 104 valence electrons. The Morgan fingerprint density at radius 2 is 2.05 bits per heavy atom. The third-order valence-corrected chi connectivity index (χ3v) is 4.34. The molecule has 1 aromatic carbocycles. The number of hydrogen-bond acceptors (Lipinski definition) is 1. The van der Waals surface area contributed by atoms with Crippen LogP contribution in [-0.4, -0.2) is 9.55 Å². The summed E-state index contributed by atoms with van der Waals surface area (Å²) in [5.74, 6) is 1.38. The van der Waals surface area contributed by atoms with Crippen LogP contribution in [0.1, 0.15) is 50.5 Å². The minimum absolute atomic E-state index is 0.436. The lowest BCUT2D eigenvalue weighted by molar-refractivity contribution is 0.448. The first kappa shape index (κ1) is 14.7. The number of fused-ring (bicyclic) bond motifs is 1. The maximum absolute atomic E-state index is 6.26. The second-order valence-electron chi connectivity index (χ2n) is 4.92. The zero-order valence-electron chi connectivity index (χ0n) is 11.7. The fourth-order valence-electron chi connectivity index (χ4n) is 2.71. The van der Waals surface area contributed by atoms with Crippen LogP contribution in [0.2, 0.25) is 5.02 Å². The van der Waals surface area contributed by atoms with Gasteiger partial charge in [0.25, 0.3) is 0 Å². The molecular formula is C15H20Cl2N2. The predicted molar refractivity (Wildman–Crippen MR) is 83.3 cm³/mol. The number of aromatic nitrogens is 2. The first-order valence-electron chi connectivity index (χ1n) is 6.85. The van der Waals surface area contributed by atoms with Gasteiger partial charge in [-0.2, -0.15) is 0 Å². The van der Waals surface area contributed by atoms with Gasteiger partial charge >= 0.3 is 0 Å². The highest BCUT2D eigenvalue weighted by Crippen LogP contribution is 2.32. The number of imidazole rings is 1.